The summed E-state index contributed by atoms with van der Waals surface area (Å²) in [6, 6.07) is 47.7. The van der Waals surface area contributed by atoms with Gasteiger partial charge in [0.15, 0.2) is 0 Å². The maximum atomic E-state index is 4.59. The molecule has 0 spiro atoms. The molecule has 2 aromatic heterocycles. The number of allylic oxidation sites excluding steroid dienone is 10. The number of nitrogens with zero attached hydrogens (tertiary/aromatic N) is 2. The van der Waals surface area contributed by atoms with Crippen molar-refractivity contribution in [2.75, 3.05) is 5.32 Å². The van der Waals surface area contributed by atoms with E-state index < -0.39 is 0 Å². The summed E-state index contributed by atoms with van der Waals surface area (Å²) in [6.45, 7) is 11.4. The standard InChI is InChI=1S/C61H51N3/c1-38-14-13-20-53-51-18-8-12-23-59(51)64(61(38)53)41(4)32-39(2)43-26-27-44-33-42(34-47(44)35-43)25-24-40(3)63-58-22-11-9-19-52(58)55-37-46(29-31-60(55)63)45-28-30-57-54(36-45)49-16-6-5-15-48(49)50-17-7-10-21-56(50)62-57/h5-13,15-32,35-38,50,56,62H,2,14,33-34H2,1,3-4H3/b40-24+,41-32+,42-25-. The van der Waals surface area contributed by atoms with E-state index in [9.17, 15) is 0 Å². The molecule has 4 aliphatic rings. The first-order chi connectivity index (χ1) is 31.4. The van der Waals surface area contributed by atoms with Crippen molar-refractivity contribution in [2.24, 2.45) is 0 Å². The van der Waals surface area contributed by atoms with E-state index in [2.05, 4.69) is 224 Å². The Morgan fingerprint density at radius 3 is 2.30 bits per heavy atom. The van der Waals surface area contributed by atoms with Gasteiger partial charge in [-0.05, 0) is 126 Å². The second-order valence-corrected chi connectivity index (χ2v) is 18.4. The number of rotatable bonds is 6. The summed E-state index contributed by atoms with van der Waals surface area (Å²) in [7, 11) is 0. The minimum atomic E-state index is 0.234. The molecule has 3 nitrogen and oxygen atoms in total. The lowest BCUT2D eigenvalue weighted by Crippen LogP contribution is -2.24. The molecule has 12 rings (SSSR count). The third kappa shape index (κ3) is 6.25. The Hall–Kier alpha value is -7.36. The van der Waals surface area contributed by atoms with E-state index in [1.807, 2.05) is 0 Å². The van der Waals surface area contributed by atoms with Gasteiger partial charge in [-0.25, -0.2) is 0 Å². The summed E-state index contributed by atoms with van der Waals surface area (Å²) in [5.74, 6) is 0.764. The molecular formula is C61H51N3. The minimum Gasteiger partial charge on any atom is -0.377 e. The van der Waals surface area contributed by atoms with Crippen molar-refractivity contribution in [3.05, 3.63) is 222 Å². The van der Waals surface area contributed by atoms with E-state index in [1.165, 1.54) is 111 Å². The van der Waals surface area contributed by atoms with Crippen LogP contribution in [0.3, 0.4) is 0 Å². The van der Waals surface area contributed by atoms with Gasteiger partial charge in [0.1, 0.15) is 0 Å². The molecule has 310 valence electrons. The lowest BCUT2D eigenvalue weighted by atomic mass is 9.85. The Morgan fingerprint density at radius 2 is 1.41 bits per heavy atom. The zero-order valence-electron chi connectivity index (χ0n) is 36.8. The van der Waals surface area contributed by atoms with E-state index in [1.54, 1.807) is 0 Å². The predicted octanol–water partition coefficient (Wildman–Crippen LogP) is 15.8. The maximum Gasteiger partial charge on any atom is 0.0551 e. The third-order valence-corrected chi connectivity index (χ3v) is 14.3. The Morgan fingerprint density at radius 1 is 0.672 bits per heavy atom. The Kier molecular flexibility index (Phi) is 9.08. The van der Waals surface area contributed by atoms with Crippen LogP contribution in [0.15, 0.2) is 188 Å². The predicted molar refractivity (Wildman–Crippen MR) is 274 cm³/mol. The average molecular weight is 826 g/mol. The highest BCUT2D eigenvalue weighted by Crippen LogP contribution is 2.45. The van der Waals surface area contributed by atoms with Gasteiger partial charge in [-0.1, -0.05) is 153 Å². The molecule has 3 heteroatoms. The van der Waals surface area contributed by atoms with Crippen LogP contribution in [0.4, 0.5) is 5.69 Å². The van der Waals surface area contributed by atoms with E-state index in [-0.39, 0.29) is 6.04 Å². The van der Waals surface area contributed by atoms with Gasteiger partial charge in [0, 0.05) is 61.9 Å². The van der Waals surface area contributed by atoms with Gasteiger partial charge < -0.3 is 14.5 Å². The van der Waals surface area contributed by atoms with Gasteiger partial charge in [0.25, 0.3) is 0 Å². The van der Waals surface area contributed by atoms with Crippen LogP contribution >= 0.6 is 0 Å². The topological polar surface area (TPSA) is 21.9 Å². The van der Waals surface area contributed by atoms with Crippen molar-refractivity contribution in [3.8, 4) is 22.3 Å². The van der Waals surface area contributed by atoms with Gasteiger partial charge >= 0.3 is 0 Å². The number of hydrogen-bond acceptors (Lipinski definition) is 1. The van der Waals surface area contributed by atoms with Gasteiger partial charge in [-0.2, -0.15) is 0 Å². The first-order valence-electron chi connectivity index (χ1n) is 22.9. The van der Waals surface area contributed by atoms with Crippen molar-refractivity contribution in [2.45, 2.75) is 57.9 Å². The quantitative estimate of drug-likeness (QED) is 0.166. The summed E-state index contributed by atoms with van der Waals surface area (Å²) in [5.41, 5.74) is 22.9. The fraction of sp³-hybridized carbons (Fsp3) is 0.148. The molecule has 6 aromatic carbocycles. The van der Waals surface area contributed by atoms with Crippen molar-refractivity contribution in [1.29, 1.82) is 0 Å². The number of aromatic nitrogens is 2. The van der Waals surface area contributed by atoms with Crippen LogP contribution < -0.4 is 5.32 Å². The molecule has 0 fully saturated rings. The fourth-order valence-corrected chi connectivity index (χ4v) is 11.2. The molecule has 1 N–H and O–H groups in total. The monoisotopic (exact) mass is 825 g/mol. The fourth-order valence-electron chi connectivity index (χ4n) is 11.2. The van der Waals surface area contributed by atoms with Crippen molar-refractivity contribution >= 4 is 61.4 Å². The van der Waals surface area contributed by atoms with E-state index >= 15 is 0 Å². The lowest BCUT2D eigenvalue weighted by Gasteiger charge is -2.24. The molecule has 0 radical (unpaired) electrons. The normalized spacial score (nSPS) is 19.4. The van der Waals surface area contributed by atoms with Gasteiger partial charge in [-0.3, -0.25) is 0 Å². The third-order valence-electron chi connectivity index (χ3n) is 14.3. The highest BCUT2D eigenvalue weighted by molar-refractivity contribution is 6.11. The SMILES string of the molecule is C=C(/C=C(\C)n1c2c(c3ccccc31)C=CCC2C)c1ccc2c(c1)C/C(=C\C=C(/C)n1c3ccccc3c3cc(-c4ccc5c(c4)-c4ccccc4C4C=CC=CC4N5)ccc31)C2. The van der Waals surface area contributed by atoms with Gasteiger partial charge in [0.2, 0.25) is 0 Å². The summed E-state index contributed by atoms with van der Waals surface area (Å²) in [6.07, 6.45) is 23.5. The van der Waals surface area contributed by atoms with Crippen LogP contribution in [0.5, 0.6) is 0 Å². The summed E-state index contributed by atoms with van der Waals surface area (Å²) in [5, 5.41) is 7.72. The van der Waals surface area contributed by atoms with Crippen LogP contribution in [-0.2, 0) is 12.8 Å². The smallest absolute Gasteiger partial charge is 0.0551 e. The molecule has 3 atom stereocenters. The Bertz CT molecular complexity index is 3460. The molecule has 64 heavy (non-hydrogen) atoms. The van der Waals surface area contributed by atoms with Crippen LogP contribution in [-0.4, -0.2) is 15.2 Å². The number of benzene rings is 6. The minimum absolute atomic E-state index is 0.234. The molecule has 8 aromatic rings. The first kappa shape index (κ1) is 38.3. The second-order valence-electron chi connectivity index (χ2n) is 18.4. The summed E-state index contributed by atoms with van der Waals surface area (Å²) in [4.78, 5) is 0. The van der Waals surface area contributed by atoms with Crippen LogP contribution in [0.1, 0.15) is 72.5 Å². The largest absolute Gasteiger partial charge is 0.377 e. The lowest BCUT2D eigenvalue weighted by molar-refractivity contribution is 0.726. The number of hydrogen-bond donors (Lipinski definition) is 1. The van der Waals surface area contributed by atoms with Crippen molar-refractivity contribution < 1.29 is 0 Å². The highest BCUT2D eigenvalue weighted by atomic mass is 15.0. The zero-order chi connectivity index (χ0) is 43.1. The zero-order valence-corrected chi connectivity index (χ0v) is 36.8. The van der Waals surface area contributed by atoms with E-state index in [4.69, 9.17) is 0 Å². The molecule has 3 heterocycles. The van der Waals surface area contributed by atoms with Crippen molar-refractivity contribution in [1.82, 2.24) is 9.13 Å². The van der Waals surface area contributed by atoms with Crippen LogP contribution in [0.25, 0.3) is 78.0 Å². The molecule has 1 aliphatic heterocycles. The molecule has 3 unspecified atom stereocenters. The first-order valence-corrected chi connectivity index (χ1v) is 22.9. The molecule has 0 amide bonds. The summed E-state index contributed by atoms with van der Waals surface area (Å²) >= 11 is 0. The van der Waals surface area contributed by atoms with Crippen LogP contribution in [0, 0.1) is 0 Å². The number of anilines is 1. The number of para-hydroxylation sites is 2. The molecule has 0 saturated heterocycles. The summed E-state index contributed by atoms with van der Waals surface area (Å²) < 4.78 is 4.91. The molecule has 3 aliphatic carbocycles. The number of nitrogens with one attached hydrogen (secondary N) is 1. The van der Waals surface area contributed by atoms with Gasteiger partial charge in [-0.15, -0.1) is 0 Å². The average Bonchev–Trinajstić information content (AvgIpc) is 3.98. The van der Waals surface area contributed by atoms with E-state index in [0.29, 0.717) is 11.8 Å². The Labute approximate surface area is 376 Å². The van der Waals surface area contributed by atoms with Crippen LogP contribution in [0.2, 0.25) is 0 Å². The molecule has 0 bridgehead atoms. The Balaban J connectivity index is 0.830. The molecule has 0 saturated carbocycles. The maximum absolute atomic E-state index is 4.59. The second kappa shape index (κ2) is 15.2. The molecular weight excluding hydrogens is 775 g/mol. The van der Waals surface area contributed by atoms with Crippen molar-refractivity contribution in [3.63, 3.8) is 0 Å². The van der Waals surface area contributed by atoms with Gasteiger partial charge in [0.05, 0.1) is 22.6 Å². The number of fused-ring (bicyclic) bond motifs is 12. The van der Waals surface area contributed by atoms with E-state index in [0.717, 1.165) is 24.8 Å². The highest BCUT2D eigenvalue weighted by Gasteiger charge is 2.28.